The largest absolute Gasteiger partial charge is 1.00 e. The van der Waals surface area contributed by atoms with Crippen molar-refractivity contribution >= 4 is 0 Å². The maximum Gasteiger partial charge on any atom is 0.119 e. The molecule has 4 atom stereocenters. The molecule has 2 N–H and O–H groups in total. The van der Waals surface area contributed by atoms with E-state index in [9.17, 15) is 10.2 Å². The van der Waals surface area contributed by atoms with Crippen LogP contribution in [0.3, 0.4) is 0 Å². The number of nitrogens with zero attached hydrogens (tertiary/aromatic N) is 2. The number of para-hydroxylation sites is 2. The first-order valence-electron chi connectivity index (χ1n) is 26.2. The first-order chi connectivity index (χ1) is 32.3. The molecule has 8 fully saturated rings. The summed E-state index contributed by atoms with van der Waals surface area (Å²) in [6, 6.07) is 40.8. The minimum absolute atomic E-state index is 0. The number of piperidine rings is 6. The predicted octanol–water partition coefficient (Wildman–Crippen LogP) is 4.33. The van der Waals surface area contributed by atoms with Gasteiger partial charge in [-0.2, -0.15) is 0 Å². The third-order valence-electron chi connectivity index (χ3n) is 17.3. The van der Waals surface area contributed by atoms with Crippen molar-refractivity contribution < 1.29 is 72.1 Å². The molecule has 4 aromatic carbocycles. The standard InChI is InChI=1S/2C29H40NO3.2BrH/c2*31-29(26-12-7-8-13-26,25-10-3-1-4-11-25)23-33-28-22-30(19-16-24(28)17-20-30)18-9-21-32-27-14-5-2-6-15-27;;/h2*1-6,10-11,14-15,24,26,28,31H,7-9,12-13,16-23H2;2*1H/q2*+1;;/p-2/t2*24?,28-,29?,30?;;/m10../s1. The Bertz CT molecular complexity index is 1880. The van der Waals surface area contributed by atoms with Crippen LogP contribution in [0.1, 0.15) is 101 Å². The first-order valence-corrected chi connectivity index (χ1v) is 26.2. The van der Waals surface area contributed by atoms with Crippen LogP contribution >= 0.6 is 0 Å². The van der Waals surface area contributed by atoms with Crippen molar-refractivity contribution in [2.45, 2.75) is 113 Å². The van der Waals surface area contributed by atoms with E-state index in [0.717, 1.165) is 110 Å². The van der Waals surface area contributed by atoms with E-state index in [2.05, 4.69) is 24.3 Å². The maximum atomic E-state index is 11.9. The van der Waals surface area contributed by atoms with E-state index in [1.54, 1.807) is 0 Å². The number of rotatable bonds is 20. The van der Waals surface area contributed by atoms with Gasteiger partial charge in [0.15, 0.2) is 0 Å². The molecule has 8 aliphatic rings. The van der Waals surface area contributed by atoms with Crippen molar-refractivity contribution in [2.75, 3.05) is 78.8 Å². The molecule has 12 rings (SSSR count). The Morgan fingerprint density at radius 3 is 1.10 bits per heavy atom. The number of ether oxygens (including phenoxy) is 4. The Labute approximate surface area is 429 Å². The quantitative estimate of drug-likeness (QED) is 0.102. The molecule has 68 heavy (non-hydrogen) atoms. The zero-order chi connectivity index (χ0) is 45.1. The van der Waals surface area contributed by atoms with Crippen molar-refractivity contribution in [1.29, 1.82) is 0 Å². The fraction of sp³-hybridized carbons (Fsp3) is 0.586. The second-order valence-corrected chi connectivity index (χ2v) is 21.3. The summed E-state index contributed by atoms with van der Waals surface area (Å²) >= 11 is 0. The normalized spacial score (nSPS) is 28.3. The molecule has 2 saturated carbocycles. The van der Waals surface area contributed by atoms with Crippen molar-refractivity contribution in [3.8, 4) is 11.5 Å². The third-order valence-corrected chi connectivity index (χ3v) is 17.3. The Hall–Kier alpha value is -2.80. The lowest BCUT2D eigenvalue weighted by atomic mass is 9.80. The molecule has 0 radical (unpaired) electrons. The van der Waals surface area contributed by atoms with E-state index >= 15 is 0 Å². The number of halogens is 2. The summed E-state index contributed by atoms with van der Waals surface area (Å²) in [7, 11) is 0. The van der Waals surface area contributed by atoms with Gasteiger partial charge in [-0.25, -0.2) is 0 Å². The molecule has 2 unspecified atom stereocenters. The molecule has 6 aliphatic heterocycles. The van der Waals surface area contributed by atoms with Crippen LogP contribution in [0.5, 0.6) is 11.5 Å². The molecule has 10 heteroatoms. The van der Waals surface area contributed by atoms with Crippen molar-refractivity contribution in [1.82, 2.24) is 0 Å². The van der Waals surface area contributed by atoms with Crippen molar-refractivity contribution in [3.05, 3.63) is 132 Å². The van der Waals surface area contributed by atoms with Gasteiger partial charge in [-0.15, -0.1) is 0 Å². The average Bonchev–Trinajstić information content (AvgIpc) is 4.15. The highest BCUT2D eigenvalue weighted by molar-refractivity contribution is 5.26. The zero-order valence-corrected chi connectivity index (χ0v) is 43.7. The highest BCUT2D eigenvalue weighted by Crippen LogP contribution is 2.44. The van der Waals surface area contributed by atoms with Crippen LogP contribution in [0.15, 0.2) is 121 Å². The van der Waals surface area contributed by atoms with E-state index in [4.69, 9.17) is 18.9 Å². The Kier molecular flexibility index (Phi) is 19.5. The minimum Gasteiger partial charge on any atom is -1.00 e. The monoisotopic (exact) mass is 1060 g/mol. The SMILES string of the molecule is OC(CO[C@@H]1C[N+]2(CCCOc3ccccc3)CCC1CC2)(c1ccccc1)C1CCCC1.OC(CO[C@H]1C[N+]2(CCCOc3ccccc3)CCC1CC2)(c1ccccc1)C1CCCC1.[Br-].[Br-]. The van der Waals surface area contributed by atoms with E-state index < -0.39 is 11.2 Å². The lowest BCUT2D eigenvalue weighted by Crippen LogP contribution is -3.00. The predicted molar refractivity (Wildman–Crippen MR) is 262 cm³/mol. The summed E-state index contributed by atoms with van der Waals surface area (Å²) in [5.41, 5.74) is 0.330. The van der Waals surface area contributed by atoms with Gasteiger partial charge in [0, 0.05) is 50.4 Å². The molecule has 0 aromatic heterocycles. The third kappa shape index (κ3) is 13.0. The van der Waals surface area contributed by atoms with Gasteiger partial charge in [0.1, 0.15) is 48.0 Å². The summed E-state index contributed by atoms with van der Waals surface area (Å²) < 4.78 is 27.5. The van der Waals surface area contributed by atoms with Gasteiger partial charge in [-0.3, -0.25) is 0 Å². The van der Waals surface area contributed by atoms with Crippen molar-refractivity contribution in [3.63, 3.8) is 0 Å². The highest BCUT2D eigenvalue weighted by Gasteiger charge is 2.50. The van der Waals surface area contributed by atoms with Crippen LogP contribution in [-0.4, -0.2) is 110 Å². The molecule has 372 valence electrons. The van der Waals surface area contributed by atoms with Crippen LogP contribution in [0.25, 0.3) is 0 Å². The molecule has 2 aliphatic carbocycles. The summed E-state index contributed by atoms with van der Waals surface area (Å²) in [4.78, 5) is 0. The molecule has 6 saturated heterocycles. The van der Waals surface area contributed by atoms with E-state index in [0.29, 0.717) is 36.9 Å². The van der Waals surface area contributed by atoms with Crippen LogP contribution in [-0.2, 0) is 20.7 Å². The van der Waals surface area contributed by atoms with Crippen molar-refractivity contribution in [2.24, 2.45) is 23.7 Å². The number of quaternary nitrogens is 2. The Morgan fingerprint density at radius 2 is 0.765 bits per heavy atom. The van der Waals surface area contributed by atoms with E-state index in [-0.39, 0.29) is 46.2 Å². The summed E-state index contributed by atoms with van der Waals surface area (Å²) in [6.07, 6.45) is 16.9. The van der Waals surface area contributed by atoms with Crippen LogP contribution in [0.4, 0.5) is 0 Å². The number of hydrogen-bond acceptors (Lipinski definition) is 6. The summed E-state index contributed by atoms with van der Waals surface area (Å²) in [6.45, 7) is 12.0. The number of fused-ring (bicyclic) bond motifs is 6. The lowest BCUT2D eigenvalue weighted by molar-refractivity contribution is -0.946. The smallest absolute Gasteiger partial charge is 0.119 e. The fourth-order valence-electron chi connectivity index (χ4n) is 13.3. The zero-order valence-electron chi connectivity index (χ0n) is 40.6. The second-order valence-electron chi connectivity index (χ2n) is 21.3. The molecule has 0 spiro atoms. The molecule has 8 nitrogen and oxygen atoms in total. The van der Waals surface area contributed by atoms with Gasteiger partial charge in [-0.1, -0.05) is 123 Å². The molecule has 6 heterocycles. The fourth-order valence-corrected chi connectivity index (χ4v) is 13.3. The molecule has 4 aromatic rings. The van der Waals surface area contributed by atoms with Crippen LogP contribution in [0.2, 0.25) is 0 Å². The van der Waals surface area contributed by atoms with Gasteiger partial charge in [0.05, 0.1) is 65.7 Å². The molecular weight excluding hydrogens is 980 g/mol. The topological polar surface area (TPSA) is 77.4 Å². The van der Waals surface area contributed by atoms with Crippen LogP contribution < -0.4 is 43.4 Å². The van der Waals surface area contributed by atoms with Gasteiger partial charge < -0.3 is 72.1 Å². The average molecular weight is 1060 g/mol. The van der Waals surface area contributed by atoms with E-state index in [1.807, 2.05) is 97.1 Å². The van der Waals surface area contributed by atoms with Gasteiger partial charge in [0.2, 0.25) is 0 Å². The van der Waals surface area contributed by atoms with E-state index in [1.165, 1.54) is 77.5 Å². The maximum absolute atomic E-state index is 11.9. The number of benzene rings is 4. The highest BCUT2D eigenvalue weighted by atomic mass is 79.9. The Morgan fingerprint density at radius 1 is 0.441 bits per heavy atom. The molecule has 4 bridgehead atoms. The van der Waals surface area contributed by atoms with Gasteiger partial charge in [-0.05, 0) is 72.9 Å². The van der Waals surface area contributed by atoms with Gasteiger partial charge in [0.25, 0.3) is 0 Å². The Balaban J connectivity index is 0.000000196. The lowest BCUT2D eigenvalue weighted by Gasteiger charge is -2.53. The van der Waals surface area contributed by atoms with Crippen LogP contribution in [0, 0.1) is 23.7 Å². The first kappa shape index (κ1) is 53.0. The number of aliphatic hydroxyl groups is 2. The molecule has 0 amide bonds. The molecular formula is C58H80Br2N2O6. The van der Waals surface area contributed by atoms with Gasteiger partial charge >= 0.3 is 0 Å². The summed E-state index contributed by atoms with van der Waals surface area (Å²) in [5.74, 6) is 3.83. The number of hydrogen-bond donors (Lipinski definition) is 2. The minimum atomic E-state index is -0.863. The second kappa shape index (κ2) is 25.0. The summed E-state index contributed by atoms with van der Waals surface area (Å²) in [5, 5.41) is 23.8.